The second-order valence-electron chi connectivity index (χ2n) is 8.05. The Morgan fingerprint density at radius 3 is 2.29 bits per heavy atom. The minimum atomic E-state index is -0.383. The number of carbonyl (C=O) groups is 2. The topological polar surface area (TPSA) is 74.7 Å². The lowest BCUT2D eigenvalue weighted by molar-refractivity contribution is -0.111. The van der Waals surface area contributed by atoms with Crippen LogP contribution in [0.1, 0.15) is 45.0 Å². The van der Waals surface area contributed by atoms with Crippen LogP contribution in [-0.4, -0.2) is 34.5 Å². The van der Waals surface area contributed by atoms with E-state index in [0.29, 0.717) is 23.4 Å². The third-order valence-corrected chi connectivity index (χ3v) is 4.98. The minimum absolute atomic E-state index is 0.195. The van der Waals surface area contributed by atoms with Crippen molar-refractivity contribution in [2.75, 3.05) is 4.90 Å². The predicted octanol–water partition coefficient (Wildman–Crippen LogP) is 4.62. The summed E-state index contributed by atoms with van der Waals surface area (Å²) in [5.41, 5.74) is 3.89. The van der Waals surface area contributed by atoms with Gasteiger partial charge < -0.3 is 10.2 Å². The van der Waals surface area contributed by atoms with E-state index in [9.17, 15) is 9.59 Å². The Balaban J connectivity index is 1.84. The summed E-state index contributed by atoms with van der Waals surface area (Å²) in [4.78, 5) is 35.8. The van der Waals surface area contributed by atoms with Gasteiger partial charge in [-0.15, -0.1) is 0 Å². The molecular formula is C25H28N4O2. The number of hydrogen-bond acceptors (Lipinski definition) is 5. The number of aromatic nitrogens is 1. The monoisotopic (exact) mass is 416 g/mol. The lowest BCUT2D eigenvalue weighted by Gasteiger charge is -2.33. The molecule has 6 nitrogen and oxygen atoms in total. The molecule has 0 spiro atoms. The molecule has 1 aliphatic carbocycles. The highest BCUT2D eigenvalue weighted by molar-refractivity contribution is 6.23. The molecule has 0 saturated heterocycles. The van der Waals surface area contributed by atoms with E-state index in [1.807, 2.05) is 19.1 Å². The number of pyridine rings is 1. The summed E-state index contributed by atoms with van der Waals surface area (Å²) >= 11 is 0. The van der Waals surface area contributed by atoms with Crippen LogP contribution in [0.3, 0.4) is 0 Å². The highest BCUT2D eigenvalue weighted by Gasteiger charge is 2.19. The molecule has 31 heavy (non-hydrogen) atoms. The zero-order valence-electron chi connectivity index (χ0n) is 18.6. The van der Waals surface area contributed by atoms with Gasteiger partial charge in [-0.3, -0.25) is 14.6 Å². The molecular weight excluding hydrogens is 388 g/mol. The maximum Gasteiger partial charge on any atom is 0.257 e. The molecule has 1 amide bonds. The number of allylic oxidation sites excluding steroid dienone is 3. The van der Waals surface area contributed by atoms with E-state index in [1.165, 1.54) is 12.3 Å². The molecule has 0 bridgehead atoms. The molecule has 0 saturated carbocycles. The number of carbonyl (C=O) groups excluding carboxylic acids is 2. The first kappa shape index (κ1) is 22.2. The van der Waals surface area contributed by atoms with Gasteiger partial charge in [0.05, 0.1) is 22.7 Å². The molecule has 0 aliphatic heterocycles. The highest BCUT2D eigenvalue weighted by atomic mass is 16.2. The number of amides is 1. The first-order valence-corrected chi connectivity index (χ1v) is 10.4. The van der Waals surface area contributed by atoms with E-state index in [1.54, 1.807) is 24.4 Å². The average Bonchev–Trinajstić information content (AvgIpc) is 2.73. The van der Waals surface area contributed by atoms with Gasteiger partial charge in [0.2, 0.25) is 5.78 Å². The van der Waals surface area contributed by atoms with Crippen LogP contribution in [0, 0.1) is 0 Å². The van der Waals surface area contributed by atoms with E-state index >= 15 is 0 Å². The first-order valence-electron chi connectivity index (χ1n) is 10.4. The molecule has 2 aromatic rings. The van der Waals surface area contributed by atoms with E-state index < -0.39 is 0 Å². The summed E-state index contributed by atoms with van der Waals surface area (Å²) in [5.74, 6) is -0.639. The van der Waals surface area contributed by atoms with Crippen molar-refractivity contribution >= 4 is 28.8 Å². The van der Waals surface area contributed by atoms with E-state index in [4.69, 9.17) is 4.99 Å². The molecule has 1 aromatic heterocycles. The smallest absolute Gasteiger partial charge is 0.257 e. The van der Waals surface area contributed by atoms with Gasteiger partial charge in [-0.1, -0.05) is 0 Å². The van der Waals surface area contributed by atoms with E-state index in [-0.39, 0.29) is 17.4 Å². The van der Waals surface area contributed by atoms with Crippen molar-refractivity contribution in [3.8, 4) is 0 Å². The van der Waals surface area contributed by atoms with Crippen LogP contribution < -0.4 is 10.2 Å². The maximum atomic E-state index is 12.4. The fourth-order valence-corrected chi connectivity index (χ4v) is 3.61. The van der Waals surface area contributed by atoms with Crippen LogP contribution in [0.2, 0.25) is 0 Å². The molecule has 3 rings (SSSR count). The Kier molecular flexibility index (Phi) is 6.80. The summed E-state index contributed by atoms with van der Waals surface area (Å²) in [7, 11) is 0. The second-order valence-corrected chi connectivity index (χ2v) is 8.05. The SMILES string of the molecule is CC1=CC(=O)C(NC(=O)c2cccnc2)=CC1=Nc1ccc(N(C(C)C)C(C)C)cc1. The lowest BCUT2D eigenvalue weighted by atomic mass is 10.0. The Morgan fingerprint density at radius 1 is 1.03 bits per heavy atom. The van der Waals surface area contributed by atoms with Crippen molar-refractivity contribution < 1.29 is 9.59 Å². The van der Waals surface area contributed by atoms with Gasteiger partial charge in [0.25, 0.3) is 5.91 Å². The zero-order valence-corrected chi connectivity index (χ0v) is 18.6. The minimum Gasteiger partial charge on any atom is -0.367 e. The number of aliphatic imine (C=N–C) groups is 1. The molecule has 1 aliphatic rings. The third kappa shape index (κ3) is 5.34. The fourth-order valence-electron chi connectivity index (χ4n) is 3.61. The van der Waals surface area contributed by atoms with Crippen molar-refractivity contribution in [1.82, 2.24) is 10.3 Å². The van der Waals surface area contributed by atoms with Gasteiger partial charge in [-0.2, -0.15) is 0 Å². The van der Waals surface area contributed by atoms with Crippen LogP contribution in [0.5, 0.6) is 0 Å². The number of nitrogens with one attached hydrogen (secondary N) is 1. The van der Waals surface area contributed by atoms with Crippen LogP contribution in [0.15, 0.2) is 77.2 Å². The molecule has 0 atom stereocenters. The predicted molar refractivity (Wildman–Crippen MR) is 125 cm³/mol. The van der Waals surface area contributed by atoms with Gasteiger partial charge in [0, 0.05) is 30.2 Å². The number of anilines is 1. The molecule has 0 radical (unpaired) electrons. The van der Waals surface area contributed by atoms with Crippen molar-refractivity contribution in [2.45, 2.75) is 46.7 Å². The summed E-state index contributed by atoms with van der Waals surface area (Å²) in [6.45, 7) is 10.5. The molecule has 0 unspecified atom stereocenters. The van der Waals surface area contributed by atoms with Crippen LogP contribution >= 0.6 is 0 Å². The van der Waals surface area contributed by atoms with Crippen molar-refractivity contribution in [3.05, 3.63) is 77.8 Å². The maximum absolute atomic E-state index is 12.4. The lowest BCUT2D eigenvalue weighted by Crippen LogP contribution is -2.36. The Bertz CT molecular complexity index is 1040. The molecule has 1 aromatic carbocycles. The van der Waals surface area contributed by atoms with Gasteiger partial charge in [0.15, 0.2) is 0 Å². The van der Waals surface area contributed by atoms with Gasteiger partial charge in [0.1, 0.15) is 0 Å². The highest BCUT2D eigenvalue weighted by Crippen LogP contribution is 2.25. The van der Waals surface area contributed by atoms with Gasteiger partial charge in [-0.05, 0) is 88.7 Å². The van der Waals surface area contributed by atoms with Gasteiger partial charge in [-0.25, -0.2) is 4.99 Å². The van der Waals surface area contributed by atoms with E-state index in [2.05, 4.69) is 55.0 Å². The van der Waals surface area contributed by atoms with Crippen molar-refractivity contribution in [2.24, 2.45) is 4.99 Å². The number of benzene rings is 1. The zero-order chi connectivity index (χ0) is 22.5. The van der Waals surface area contributed by atoms with E-state index in [0.717, 1.165) is 16.9 Å². The largest absolute Gasteiger partial charge is 0.367 e. The number of hydrogen-bond donors (Lipinski definition) is 1. The Hall–Kier alpha value is -3.54. The van der Waals surface area contributed by atoms with Crippen LogP contribution in [-0.2, 0) is 4.79 Å². The quantitative estimate of drug-likeness (QED) is 0.697. The molecule has 1 heterocycles. The number of ketones is 1. The van der Waals surface area contributed by atoms with Crippen LogP contribution in [0.4, 0.5) is 11.4 Å². The first-order chi connectivity index (χ1) is 14.8. The second kappa shape index (κ2) is 9.51. The number of nitrogens with zero attached hydrogens (tertiary/aromatic N) is 3. The average molecular weight is 417 g/mol. The molecule has 160 valence electrons. The summed E-state index contributed by atoms with van der Waals surface area (Å²) < 4.78 is 0. The summed E-state index contributed by atoms with van der Waals surface area (Å²) in [6.07, 6.45) is 6.16. The summed E-state index contributed by atoms with van der Waals surface area (Å²) in [6, 6.07) is 12.1. The normalized spacial score (nSPS) is 15.2. The van der Waals surface area contributed by atoms with Gasteiger partial charge >= 0.3 is 0 Å². The molecule has 1 N–H and O–H groups in total. The molecule has 6 heteroatoms. The van der Waals surface area contributed by atoms with Crippen molar-refractivity contribution in [3.63, 3.8) is 0 Å². The Labute approximate surface area is 183 Å². The van der Waals surface area contributed by atoms with Crippen molar-refractivity contribution in [1.29, 1.82) is 0 Å². The summed E-state index contributed by atoms with van der Waals surface area (Å²) in [5, 5.41) is 2.67. The fraction of sp³-hybridized carbons (Fsp3) is 0.280. The van der Waals surface area contributed by atoms with Crippen LogP contribution in [0.25, 0.3) is 0 Å². The third-order valence-electron chi connectivity index (χ3n) is 4.98. The Morgan fingerprint density at radius 2 is 1.71 bits per heavy atom. The standard InChI is InChI=1S/C25H28N4O2/c1-16(2)29(17(3)4)21-10-8-20(9-11-21)27-22-14-23(24(30)13-18(22)5)28-25(31)19-7-6-12-26-15-19/h6-17H,1-5H3,(H,28,31). The number of rotatable bonds is 6. The molecule has 0 fully saturated rings.